The van der Waals surface area contributed by atoms with E-state index in [1.807, 2.05) is 36.2 Å². The largest absolute Gasteiger partial charge is 0.357 e. The van der Waals surface area contributed by atoms with Gasteiger partial charge in [0, 0.05) is 30.7 Å². The molecule has 2 aromatic carbocycles. The minimum Gasteiger partial charge on any atom is -0.357 e. The fraction of sp³-hybridized carbons (Fsp3) is 0.250. The van der Waals surface area contributed by atoms with Gasteiger partial charge < -0.3 is 4.90 Å². The van der Waals surface area contributed by atoms with Crippen LogP contribution >= 0.6 is 11.6 Å². The molecule has 0 unspecified atom stereocenters. The van der Waals surface area contributed by atoms with E-state index < -0.39 is 5.82 Å². The zero-order valence-electron chi connectivity index (χ0n) is 14.8. The van der Waals surface area contributed by atoms with Crippen LogP contribution in [0.1, 0.15) is 12.0 Å². The van der Waals surface area contributed by atoms with Crippen molar-refractivity contribution in [1.29, 1.82) is 0 Å². The topological polar surface area (TPSA) is 49.3 Å². The minimum absolute atomic E-state index is 0.122. The Balaban J connectivity index is 1.76. The molecule has 0 fully saturated rings. The maximum atomic E-state index is 14.1. The van der Waals surface area contributed by atoms with Gasteiger partial charge in [0.05, 0.1) is 17.5 Å². The van der Waals surface area contributed by atoms with E-state index in [1.165, 1.54) is 12.1 Å². The van der Waals surface area contributed by atoms with E-state index in [0.29, 0.717) is 23.7 Å². The van der Waals surface area contributed by atoms with Crippen LogP contribution in [0, 0.1) is 5.82 Å². The summed E-state index contributed by atoms with van der Waals surface area (Å²) in [5.74, 6) is 0.432. The van der Waals surface area contributed by atoms with Crippen LogP contribution in [0.15, 0.2) is 42.5 Å². The fourth-order valence-corrected chi connectivity index (χ4v) is 3.52. The molecule has 0 saturated carbocycles. The van der Waals surface area contributed by atoms with Gasteiger partial charge in [0.15, 0.2) is 11.6 Å². The summed E-state index contributed by atoms with van der Waals surface area (Å²) in [6, 6.07) is 12.0. The molecule has 0 spiro atoms. The third kappa shape index (κ3) is 3.32. The minimum atomic E-state index is -0.479. The summed E-state index contributed by atoms with van der Waals surface area (Å²) in [6.07, 6.45) is 0.644. The van der Waals surface area contributed by atoms with Crippen LogP contribution in [0.25, 0.3) is 11.0 Å². The highest BCUT2D eigenvalue weighted by molar-refractivity contribution is 6.31. The van der Waals surface area contributed by atoms with Gasteiger partial charge in [-0.1, -0.05) is 29.8 Å². The summed E-state index contributed by atoms with van der Waals surface area (Å²) < 4.78 is 14.1. The molecule has 0 atom stereocenters. The highest BCUT2D eigenvalue weighted by Crippen LogP contribution is 2.31. The smallest absolute Gasteiger partial charge is 0.232 e. The van der Waals surface area contributed by atoms with E-state index in [2.05, 4.69) is 4.98 Å². The first-order valence-corrected chi connectivity index (χ1v) is 9.13. The maximum absolute atomic E-state index is 14.1. The Hall–Kier alpha value is -2.73. The maximum Gasteiger partial charge on any atom is 0.232 e. The highest BCUT2D eigenvalue weighted by Gasteiger charge is 2.27. The number of hydrogen-bond donors (Lipinski definition) is 0. The molecule has 0 saturated heterocycles. The first kappa shape index (κ1) is 17.7. The third-order valence-corrected chi connectivity index (χ3v) is 5.07. The van der Waals surface area contributed by atoms with Gasteiger partial charge in [-0.05, 0) is 30.7 Å². The predicted molar refractivity (Wildman–Crippen MR) is 105 cm³/mol. The normalized spacial score (nSPS) is 14.2. The molecule has 0 radical (unpaired) electrons. The molecule has 4 rings (SSSR count). The molecule has 7 heteroatoms. The molecule has 0 aliphatic carbocycles. The molecule has 2 heterocycles. The average Bonchev–Trinajstić information content (AvgIpc) is 2.82. The molecule has 0 bridgehead atoms. The van der Waals surface area contributed by atoms with Gasteiger partial charge in [-0.15, -0.1) is 0 Å². The van der Waals surface area contributed by atoms with E-state index in [9.17, 15) is 9.18 Å². The van der Waals surface area contributed by atoms with E-state index in [0.717, 1.165) is 18.5 Å². The summed E-state index contributed by atoms with van der Waals surface area (Å²) in [6.45, 7) is 1.25. The summed E-state index contributed by atoms with van der Waals surface area (Å²) in [5.41, 5.74) is 1.69. The number of nitrogens with zero attached hydrogens (tertiary/aromatic N) is 4. The van der Waals surface area contributed by atoms with Crippen molar-refractivity contribution >= 4 is 40.2 Å². The van der Waals surface area contributed by atoms with Gasteiger partial charge in [0.25, 0.3) is 0 Å². The first-order chi connectivity index (χ1) is 13.0. The summed E-state index contributed by atoms with van der Waals surface area (Å²) in [7, 11) is 1.93. The molecule has 27 heavy (non-hydrogen) atoms. The lowest BCUT2D eigenvalue weighted by molar-refractivity contribution is -0.118. The lowest BCUT2D eigenvalue weighted by Gasteiger charge is -2.23. The summed E-state index contributed by atoms with van der Waals surface area (Å²) in [5, 5.41) is 0.250. The Labute approximate surface area is 161 Å². The lowest BCUT2D eigenvalue weighted by atomic mass is 10.1. The van der Waals surface area contributed by atoms with Gasteiger partial charge in [0.2, 0.25) is 5.91 Å². The average molecular weight is 385 g/mol. The number of hydrogen-bond acceptors (Lipinski definition) is 4. The predicted octanol–water partition coefficient (Wildman–Crippen LogP) is 3.84. The molecule has 1 amide bonds. The lowest BCUT2D eigenvalue weighted by Crippen LogP contribution is -2.34. The fourth-order valence-electron chi connectivity index (χ4n) is 3.29. The monoisotopic (exact) mass is 384 g/mol. The first-order valence-electron chi connectivity index (χ1n) is 8.76. The molecule has 138 valence electrons. The summed E-state index contributed by atoms with van der Waals surface area (Å²) >= 11 is 6.10. The van der Waals surface area contributed by atoms with Gasteiger partial charge in [0.1, 0.15) is 5.82 Å². The number of amides is 1. The van der Waals surface area contributed by atoms with Crippen molar-refractivity contribution in [2.24, 2.45) is 0 Å². The van der Waals surface area contributed by atoms with Gasteiger partial charge in [-0.25, -0.2) is 14.4 Å². The Kier molecular flexibility index (Phi) is 4.66. The second-order valence-corrected chi connectivity index (χ2v) is 6.96. The van der Waals surface area contributed by atoms with Gasteiger partial charge in [-0.3, -0.25) is 9.69 Å². The van der Waals surface area contributed by atoms with Crippen LogP contribution < -0.4 is 9.80 Å². The SMILES string of the molecule is CN1CCCN(C(=O)Cc2c(F)cccc2Cl)c2nc3ccccc3nc21. The standard InChI is InChI=1S/C20H18ClFN4O/c1-25-10-5-11-26(18(27)12-13-14(21)6-4-7-15(13)22)20-19(25)23-16-8-2-3-9-17(16)24-20/h2-4,6-9H,5,10-12H2,1H3. The zero-order valence-corrected chi connectivity index (χ0v) is 15.6. The Morgan fingerprint density at radius 2 is 1.78 bits per heavy atom. The van der Waals surface area contributed by atoms with Crippen molar-refractivity contribution in [3.8, 4) is 0 Å². The van der Waals surface area contributed by atoms with Crippen molar-refractivity contribution in [1.82, 2.24) is 9.97 Å². The number of aromatic nitrogens is 2. The van der Waals surface area contributed by atoms with Crippen molar-refractivity contribution in [2.75, 3.05) is 29.9 Å². The molecule has 1 aliphatic rings. The van der Waals surface area contributed by atoms with E-state index >= 15 is 0 Å². The van der Waals surface area contributed by atoms with Crippen LogP contribution in [0.3, 0.4) is 0 Å². The van der Waals surface area contributed by atoms with E-state index in [4.69, 9.17) is 16.6 Å². The number of fused-ring (bicyclic) bond motifs is 2. The third-order valence-electron chi connectivity index (χ3n) is 4.72. The van der Waals surface area contributed by atoms with Crippen molar-refractivity contribution in [2.45, 2.75) is 12.8 Å². The van der Waals surface area contributed by atoms with Crippen LogP contribution in [0.2, 0.25) is 5.02 Å². The van der Waals surface area contributed by atoms with Crippen molar-refractivity contribution in [3.05, 3.63) is 58.9 Å². The molecule has 0 N–H and O–H groups in total. The second-order valence-electron chi connectivity index (χ2n) is 6.56. The molecule has 5 nitrogen and oxygen atoms in total. The van der Waals surface area contributed by atoms with Crippen molar-refractivity contribution < 1.29 is 9.18 Å². The van der Waals surface area contributed by atoms with Crippen LogP contribution in [-0.2, 0) is 11.2 Å². The number of rotatable bonds is 2. The van der Waals surface area contributed by atoms with Crippen molar-refractivity contribution in [3.63, 3.8) is 0 Å². The molecule has 3 aromatic rings. The number of benzene rings is 2. The van der Waals surface area contributed by atoms with Gasteiger partial charge >= 0.3 is 0 Å². The van der Waals surface area contributed by atoms with Gasteiger partial charge in [-0.2, -0.15) is 0 Å². The molecule has 1 aliphatic heterocycles. The highest BCUT2D eigenvalue weighted by atomic mass is 35.5. The number of carbonyl (C=O) groups excluding carboxylic acids is 1. The Bertz CT molecular complexity index is 1010. The number of carbonyl (C=O) groups is 1. The summed E-state index contributed by atoms with van der Waals surface area (Å²) in [4.78, 5) is 26.0. The number of halogens is 2. The second kappa shape index (κ2) is 7.12. The molecular weight excluding hydrogens is 367 g/mol. The molecular formula is C20H18ClFN4O. The van der Waals surface area contributed by atoms with Crippen LogP contribution in [-0.4, -0.2) is 36.0 Å². The number of para-hydroxylation sites is 2. The van der Waals surface area contributed by atoms with Crippen LogP contribution in [0.5, 0.6) is 0 Å². The molecule has 1 aromatic heterocycles. The number of anilines is 2. The Morgan fingerprint density at radius 1 is 1.07 bits per heavy atom. The van der Waals surface area contributed by atoms with E-state index in [1.54, 1.807) is 11.0 Å². The Morgan fingerprint density at radius 3 is 2.48 bits per heavy atom. The zero-order chi connectivity index (χ0) is 19.0. The quantitative estimate of drug-likeness (QED) is 0.673. The van der Waals surface area contributed by atoms with Crippen LogP contribution in [0.4, 0.5) is 16.0 Å². The van der Waals surface area contributed by atoms with E-state index in [-0.39, 0.29) is 22.9 Å².